The summed E-state index contributed by atoms with van der Waals surface area (Å²) in [6.07, 6.45) is 3.47. The molecule has 0 aliphatic rings. The van der Waals surface area contributed by atoms with E-state index in [4.69, 9.17) is 0 Å². The van der Waals surface area contributed by atoms with Crippen molar-refractivity contribution in [3.63, 3.8) is 0 Å². The molecule has 1 heterocycles. The first kappa shape index (κ1) is 12.3. The van der Waals surface area contributed by atoms with Crippen LogP contribution in [0.3, 0.4) is 0 Å². The number of carbonyl (C=O) groups is 1. The van der Waals surface area contributed by atoms with Gasteiger partial charge in [0.2, 0.25) is 0 Å². The summed E-state index contributed by atoms with van der Waals surface area (Å²) in [5.41, 5.74) is 1.83. The second-order valence-corrected chi connectivity index (χ2v) is 5.59. The Balaban J connectivity index is 2.14. The molecule has 0 saturated heterocycles. The van der Waals surface area contributed by atoms with Crippen LogP contribution in [0.5, 0.6) is 0 Å². The Morgan fingerprint density at radius 1 is 1.35 bits per heavy atom. The van der Waals surface area contributed by atoms with Gasteiger partial charge in [0.1, 0.15) is 0 Å². The molecule has 0 amide bonds. The Hall–Kier alpha value is -1.19. The Morgan fingerprint density at radius 3 is 2.82 bits per heavy atom. The van der Waals surface area contributed by atoms with Crippen LogP contribution < -0.4 is 0 Å². The normalized spacial score (nSPS) is 10.9. The molecule has 0 atom stereocenters. The van der Waals surface area contributed by atoms with Crippen molar-refractivity contribution in [2.75, 3.05) is 0 Å². The van der Waals surface area contributed by atoms with Crippen LogP contribution in [0.4, 0.5) is 0 Å². The zero-order chi connectivity index (χ0) is 12.3. The highest BCUT2D eigenvalue weighted by Crippen LogP contribution is 2.21. The van der Waals surface area contributed by atoms with Gasteiger partial charge in [-0.1, -0.05) is 23.8 Å². The number of thiophene rings is 1. The summed E-state index contributed by atoms with van der Waals surface area (Å²) in [7, 11) is 0. The summed E-state index contributed by atoms with van der Waals surface area (Å²) in [5.74, 6) is 0.0400. The standard InChI is InChI=1S/C14H11BrOS/c1-10-3-2-4-11(7-10)14(16)6-5-13-8-12(15)9-17-13/h2-9H,1H3/b6-5+. The number of ketones is 1. The number of halogens is 1. The number of hydrogen-bond acceptors (Lipinski definition) is 2. The van der Waals surface area contributed by atoms with E-state index in [1.807, 2.05) is 48.7 Å². The van der Waals surface area contributed by atoms with Gasteiger partial charge in [-0.2, -0.15) is 0 Å². The topological polar surface area (TPSA) is 17.1 Å². The summed E-state index contributed by atoms with van der Waals surface area (Å²) in [6.45, 7) is 1.98. The number of carbonyl (C=O) groups excluding carboxylic acids is 1. The lowest BCUT2D eigenvalue weighted by atomic mass is 10.1. The first-order valence-corrected chi connectivity index (χ1v) is 6.85. The van der Waals surface area contributed by atoms with E-state index in [9.17, 15) is 4.79 Å². The molecule has 1 aromatic heterocycles. The van der Waals surface area contributed by atoms with Gasteiger partial charge < -0.3 is 0 Å². The van der Waals surface area contributed by atoms with E-state index < -0.39 is 0 Å². The van der Waals surface area contributed by atoms with Crippen molar-refractivity contribution in [3.05, 3.63) is 62.3 Å². The highest BCUT2D eigenvalue weighted by molar-refractivity contribution is 9.10. The SMILES string of the molecule is Cc1cccc(C(=O)/C=C/c2cc(Br)cs2)c1. The molecular formula is C14H11BrOS. The molecule has 3 heteroatoms. The first-order valence-electron chi connectivity index (χ1n) is 5.18. The predicted octanol–water partition coefficient (Wildman–Crippen LogP) is 4.72. The summed E-state index contributed by atoms with van der Waals surface area (Å²) in [5, 5.41) is 2.00. The second kappa shape index (κ2) is 5.43. The zero-order valence-electron chi connectivity index (χ0n) is 9.31. The molecule has 2 rings (SSSR count). The fraction of sp³-hybridized carbons (Fsp3) is 0.0714. The number of aryl methyl sites for hydroxylation is 1. The van der Waals surface area contributed by atoms with Crippen LogP contribution in [0.1, 0.15) is 20.8 Å². The number of hydrogen-bond donors (Lipinski definition) is 0. The molecule has 0 aliphatic heterocycles. The van der Waals surface area contributed by atoms with Gasteiger partial charge in [-0.05, 0) is 47.1 Å². The minimum Gasteiger partial charge on any atom is -0.289 e. The van der Waals surface area contributed by atoms with Crippen LogP contribution >= 0.6 is 27.3 Å². The summed E-state index contributed by atoms with van der Waals surface area (Å²) in [6, 6.07) is 9.61. The third kappa shape index (κ3) is 3.38. The van der Waals surface area contributed by atoms with Gasteiger partial charge in [0.05, 0.1) is 0 Å². The van der Waals surface area contributed by atoms with Crippen LogP contribution in [0.15, 0.2) is 46.3 Å². The molecule has 0 saturated carbocycles. The van der Waals surface area contributed by atoms with Crippen molar-refractivity contribution >= 4 is 39.1 Å². The highest BCUT2D eigenvalue weighted by Gasteiger charge is 2.01. The lowest BCUT2D eigenvalue weighted by Crippen LogP contribution is -1.93. The molecule has 17 heavy (non-hydrogen) atoms. The fourth-order valence-corrected chi connectivity index (χ4v) is 2.80. The molecule has 1 nitrogen and oxygen atoms in total. The summed E-state index contributed by atoms with van der Waals surface area (Å²) in [4.78, 5) is 13.0. The fourth-order valence-electron chi connectivity index (χ4n) is 1.47. The molecule has 0 aliphatic carbocycles. The maximum absolute atomic E-state index is 11.9. The van der Waals surface area contributed by atoms with Gasteiger partial charge in [0, 0.05) is 20.3 Å². The molecule has 0 fully saturated rings. The molecule has 2 aromatic rings. The van der Waals surface area contributed by atoms with E-state index in [0.717, 1.165) is 20.5 Å². The molecule has 0 radical (unpaired) electrons. The van der Waals surface area contributed by atoms with E-state index in [1.165, 1.54) is 0 Å². The van der Waals surface area contributed by atoms with Crippen molar-refractivity contribution in [3.8, 4) is 0 Å². The van der Waals surface area contributed by atoms with Crippen LogP contribution in [-0.2, 0) is 0 Å². The minimum atomic E-state index is 0.0400. The van der Waals surface area contributed by atoms with Gasteiger partial charge >= 0.3 is 0 Å². The third-order valence-corrected chi connectivity index (χ3v) is 3.95. The summed E-state index contributed by atoms with van der Waals surface area (Å²) < 4.78 is 1.05. The molecular weight excluding hydrogens is 296 g/mol. The monoisotopic (exact) mass is 306 g/mol. The van der Waals surface area contributed by atoms with E-state index >= 15 is 0 Å². The number of allylic oxidation sites excluding steroid dienone is 1. The number of rotatable bonds is 3. The predicted molar refractivity (Wildman–Crippen MR) is 76.6 cm³/mol. The number of benzene rings is 1. The Kier molecular flexibility index (Phi) is 3.92. The van der Waals surface area contributed by atoms with E-state index in [1.54, 1.807) is 17.4 Å². The lowest BCUT2D eigenvalue weighted by Gasteiger charge is -1.96. The zero-order valence-corrected chi connectivity index (χ0v) is 11.7. The van der Waals surface area contributed by atoms with Gasteiger partial charge in [0.15, 0.2) is 5.78 Å². The Labute approximate surface area is 113 Å². The average Bonchev–Trinajstić information content (AvgIpc) is 2.72. The Morgan fingerprint density at radius 2 is 2.18 bits per heavy atom. The average molecular weight is 307 g/mol. The molecule has 1 aromatic carbocycles. The van der Waals surface area contributed by atoms with Gasteiger partial charge in [-0.15, -0.1) is 11.3 Å². The minimum absolute atomic E-state index is 0.0400. The van der Waals surface area contributed by atoms with Gasteiger partial charge in [-0.3, -0.25) is 4.79 Å². The van der Waals surface area contributed by atoms with Crippen molar-refractivity contribution in [2.45, 2.75) is 6.92 Å². The van der Waals surface area contributed by atoms with Crippen LogP contribution in [0.2, 0.25) is 0 Å². The van der Waals surface area contributed by atoms with Crippen molar-refractivity contribution in [1.82, 2.24) is 0 Å². The smallest absolute Gasteiger partial charge is 0.185 e. The maximum atomic E-state index is 11.9. The highest BCUT2D eigenvalue weighted by atomic mass is 79.9. The van der Waals surface area contributed by atoms with Crippen molar-refractivity contribution in [2.24, 2.45) is 0 Å². The maximum Gasteiger partial charge on any atom is 0.185 e. The first-order chi connectivity index (χ1) is 8.15. The van der Waals surface area contributed by atoms with E-state index in [2.05, 4.69) is 15.9 Å². The van der Waals surface area contributed by atoms with Gasteiger partial charge in [-0.25, -0.2) is 0 Å². The molecule has 0 spiro atoms. The van der Waals surface area contributed by atoms with Crippen LogP contribution in [0, 0.1) is 6.92 Å². The summed E-state index contributed by atoms with van der Waals surface area (Å²) >= 11 is 4.99. The molecule has 86 valence electrons. The van der Waals surface area contributed by atoms with Crippen molar-refractivity contribution in [1.29, 1.82) is 0 Å². The van der Waals surface area contributed by atoms with Crippen LogP contribution in [0.25, 0.3) is 6.08 Å². The van der Waals surface area contributed by atoms with E-state index in [-0.39, 0.29) is 5.78 Å². The van der Waals surface area contributed by atoms with Crippen molar-refractivity contribution < 1.29 is 4.79 Å². The van der Waals surface area contributed by atoms with Crippen LogP contribution in [-0.4, -0.2) is 5.78 Å². The lowest BCUT2D eigenvalue weighted by molar-refractivity contribution is 0.104. The largest absolute Gasteiger partial charge is 0.289 e. The Bertz CT molecular complexity index is 569. The quantitative estimate of drug-likeness (QED) is 0.592. The molecule has 0 unspecified atom stereocenters. The molecule has 0 N–H and O–H groups in total. The second-order valence-electron chi connectivity index (χ2n) is 3.73. The van der Waals surface area contributed by atoms with E-state index in [0.29, 0.717) is 0 Å². The molecule has 0 bridgehead atoms. The van der Waals surface area contributed by atoms with Gasteiger partial charge in [0.25, 0.3) is 0 Å². The third-order valence-electron chi connectivity index (χ3n) is 2.29.